The first-order chi connectivity index (χ1) is 8.42. The van der Waals surface area contributed by atoms with Gasteiger partial charge in [0.2, 0.25) is 0 Å². The van der Waals surface area contributed by atoms with E-state index in [4.69, 9.17) is 9.42 Å². The van der Waals surface area contributed by atoms with E-state index in [2.05, 4.69) is 24.3 Å². The van der Waals surface area contributed by atoms with Crippen LogP contribution in [0, 0.1) is 0 Å². The van der Waals surface area contributed by atoms with Crippen LogP contribution in [0.25, 0.3) is 0 Å². The predicted molar refractivity (Wildman–Crippen MR) is 71.2 cm³/mol. The average molecular weight is 246 g/mol. The number of hydrogen-bond donors (Lipinski definition) is 1. The average Bonchev–Trinajstić information content (AvgIpc) is 2.42. The third kappa shape index (κ3) is 3.37. The van der Waals surface area contributed by atoms with E-state index in [0.29, 0.717) is 6.61 Å². The van der Waals surface area contributed by atoms with Crippen molar-refractivity contribution in [2.45, 2.75) is 5.92 Å². The van der Waals surface area contributed by atoms with Gasteiger partial charge in [0.25, 0.3) is 0 Å². The minimum atomic E-state index is -0.460. The molecule has 0 aliphatic rings. The number of benzene rings is 2. The Bertz CT molecular complexity index is 391. The van der Waals surface area contributed by atoms with Crippen LogP contribution >= 0.6 is 9.03 Å². The molecule has 0 aliphatic heterocycles. The maximum Gasteiger partial charge on any atom is 0.152 e. The van der Waals surface area contributed by atoms with Gasteiger partial charge in [0.15, 0.2) is 9.03 Å². The van der Waals surface area contributed by atoms with E-state index >= 15 is 0 Å². The van der Waals surface area contributed by atoms with Gasteiger partial charge in [-0.2, -0.15) is 0 Å². The molecule has 0 amide bonds. The molecular formula is C14H15O2P. The molecule has 0 saturated heterocycles. The molecule has 0 heterocycles. The highest BCUT2D eigenvalue weighted by Gasteiger charge is 2.13. The fraction of sp³-hybridized carbons (Fsp3) is 0.143. The van der Waals surface area contributed by atoms with Crippen molar-refractivity contribution in [2.24, 2.45) is 0 Å². The van der Waals surface area contributed by atoms with Crippen LogP contribution in [0.1, 0.15) is 17.0 Å². The third-order valence-corrected chi connectivity index (χ3v) is 3.01. The smallest absolute Gasteiger partial charge is 0.152 e. The summed E-state index contributed by atoms with van der Waals surface area (Å²) in [5.74, 6) is 0.178. The van der Waals surface area contributed by atoms with Crippen molar-refractivity contribution in [3.63, 3.8) is 0 Å². The minimum absolute atomic E-state index is 0.178. The van der Waals surface area contributed by atoms with Crippen molar-refractivity contribution in [3.05, 3.63) is 71.8 Å². The van der Waals surface area contributed by atoms with E-state index in [0.717, 1.165) is 0 Å². The first-order valence-electron chi connectivity index (χ1n) is 5.52. The van der Waals surface area contributed by atoms with Crippen molar-refractivity contribution in [1.29, 1.82) is 0 Å². The topological polar surface area (TPSA) is 29.5 Å². The SMILES string of the molecule is OPOCC(c1ccccc1)c1ccccc1. The van der Waals surface area contributed by atoms with Gasteiger partial charge in [0, 0.05) is 5.92 Å². The van der Waals surface area contributed by atoms with Gasteiger partial charge in [-0.05, 0) is 11.1 Å². The lowest BCUT2D eigenvalue weighted by atomic mass is 9.92. The molecule has 0 aliphatic carbocycles. The van der Waals surface area contributed by atoms with Crippen molar-refractivity contribution in [1.82, 2.24) is 0 Å². The van der Waals surface area contributed by atoms with E-state index in [1.54, 1.807) is 0 Å². The highest BCUT2D eigenvalue weighted by molar-refractivity contribution is 7.24. The molecule has 88 valence electrons. The standard InChI is InChI=1S/C14H15O2P/c15-17-16-11-14(12-7-3-1-4-8-12)13-9-5-2-6-10-13/h1-10,14-15,17H,11H2. The van der Waals surface area contributed by atoms with Crippen molar-refractivity contribution < 1.29 is 9.42 Å². The van der Waals surface area contributed by atoms with E-state index in [1.165, 1.54) is 11.1 Å². The number of hydrogen-bond acceptors (Lipinski definition) is 2. The molecule has 1 unspecified atom stereocenters. The maximum absolute atomic E-state index is 8.81. The maximum atomic E-state index is 8.81. The molecule has 17 heavy (non-hydrogen) atoms. The third-order valence-electron chi connectivity index (χ3n) is 2.72. The Hall–Kier alpha value is -1.21. The van der Waals surface area contributed by atoms with Crippen LogP contribution in [0.4, 0.5) is 0 Å². The quantitative estimate of drug-likeness (QED) is 0.820. The van der Waals surface area contributed by atoms with Gasteiger partial charge in [-0.25, -0.2) is 0 Å². The molecule has 0 fully saturated rings. The zero-order chi connectivity index (χ0) is 11.9. The fourth-order valence-corrected chi connectivity index (χ4v) is 2.12. The van der Waals surface area contributed by atoms with Gasteiger partial charge >= 0.3 is 0 Å². The minimum Gasteiger partial charge on any atom is -0.352 e. The lowest BCUT2D eigenvalue weighted by molar-refractivity contribution is 0.312. The molecule has 2 aromatic rings. The monoisotopic (exact) mass is 246 g/mol. The Balaban J connectivity index is 2.26. The Morgan fingerprint density at radius 1 is 0.882 bits per heavy atom. The number of rotatable bonds is 5. The normalized spacial score (nSPS) is 11.4. The lowest BCUT2D eigenvalue weighted by Crippen LogP contribution is -2.06. The summed E-state index contributed by atoms with van der Waals surface area (Å²) in [7, 11) is -0.460. The largest absolute Gasteiger partial charge is 0.352 e. The van der Waals surface area contributed by atoms with Crippen LogP contribution in [-0.2, 0) is 4.52 Å². The second-order valence-electron chi connectivity index (χ2n) is 3.78. The van der Waals surface area contributed by atoms with Gasteiger partial charge in [-0.3, -0.25) is 0 Å². The van der Waals surface area contributed by atoms with Gasteiger partial charge in [0.05, 0.1) is 6.61 Å². The molecule has 2 nitrogen and oxygen atoms in total. The summed E-state index contributed by atoms with van der Waals surface area (Å²) in [6.07, 6.45) is 0. The summed E-state index contributed by atoms with van der Waals surface area (Å²) in [6, 6.07) is 20.4. The van der Waals surface area contributed by atoms with Crippen LogP contribution in [0.3, 0.4) is 0 Å². The summed E-state index contributed by atoms with van der Waals surface area (Å²) >= 11 is 0. The highest BCUT2D eigenvalue weighted by atomic mass is 31.1. The first kappa shape index (κ1) is 12.3. The molecule has 0 spiro atoms. The molecule has 1 atom stereocenters. The van der Waals surface area contributed by atoms with E-state index in [9.17, 15) is 0 Å². The van der Waals surface area contributed by atoms with Gasteiger partial charge in [0.1, 0.15) is 0 Å². The van der Waals surface area contributed by atoms with Gasteiger partial charge in [-0.15, -0.1) is 0 Å². The van der Waals surface area contributed by atoms with Gasteiger partial charge < -0.3 is 9.42 Å². The lowest BCUT2D eigenvalue weighted by Gasteiger charge is -2.17. The van der Waals surface area contributed by atoms with Crippen LogP contribution in [-0.4, -0.2) is 11.5 Å². The Labute approximate surface area is 103 Å². The van der Waals surface area contributed by atoms with E-state index in [1.807, 2.05) is 36.4 Å². The molecule has 1 N–H and O–H groups in total. The predicted octanol–water partition coefficient (Wildman–Crippen LogP) is 3.34. The van der Waals surface area contributed by atoms with Crippen LogP contribution < -0.4 is 0 Å². The summed E-state index contributed by atoms with van der Waals surface area (Å²) < 4.78 is 5.19. The molecule has 0 saturated carbocycles. The fourth-order valence-electron chi connectivity index (χ4n) is 1.88. The summed E-state index contributed by atoms with van der Waals surface area (Å²) in [4.78, 5) is 8.81. The Kier molecular flexibility index (Phi) is 4.69. The molecule has 0 bridgehead atoms. The van der Waals surface area contributed by atoms with Crippen molar-refractivity contribution >= 4 is 9.03 Å². The van der Waals surface area contributed by atoms with Crippen LogP contribution in [0.2, 0.25) is 0 Å². The molecule has 3 heteroatoms. The van der Waals surface area contributed by atoms with Crippen LogP contribution in [0.15, 0.2) is 60.7 Å². The first-order valence-corrected chi connectivity index (χ1v) is 6.38. The van der Waals surface area contributed by atoms with E-state index < -0.39 is 9.03 Å². The van der Waals surface area contributed by atoms with Gasteiger partial charge in [-0.1, -0.05) is 60.7 Å². The van der Waals surface area contributed by atoms with Crippen molar-refractivity contribution in [2.75, 3.05) is 6.61 Å². The Morgan fingerprint density at radius 2 is 1.35 bits per heavy atom. The Morgan fingerprint density at radius 3 is 1.76 bits per heavy atom. The zero-order valence-corrected chi connectivity index (χ0v) is 10.4. The second-order valence-corrected chi connectivity index (χ2v) is 4.25. The van der Waals surface area contributed by atoms with Crippen molar-refractivity contribution in [3.8, 4) is 0 Å². The summed E-state index contributed by atoms with van der Waals surface area (Å²) in [6.45, 7) is 0.503. The second kappa shape index (κ2) is 6.51. The highest BCUT2D eigenvalue weighted by Crippen LogP contribution is 2.26. The zero-order valence-electron chi connectivity index (χ0n) is 9.41. The van der Waals surface area contributed by atoms with Crippen LogP contribution in [0.5, 0.6) is 0 Å². The molecule has 0 radical (unpaired) electrons. The molecular weight excluding hydrogens is 231 g/mol. The summed E-state index contributed by atoms with van der Waals surface area (Å²) in [5, 5.41) is 0. The molecule has 2 aromatic carbocycles. The molecule has 0 aromatic heterocycles. The van der Waals surface area contributed by atoms with E-state index in [-0.39, 0.29) is 5.92 Å². The summed E-state index contributed by atoms with van der Waals surface area (Å²) in [5.41, 5.74) is 2.41. The molecule has 2 rings (SSSR count).